The first-order valence-electron chi connectivity index (χ1n) is 9.49. The Kier molecular flexibility index (Phi) is 7.84. The lowest BCUT2D eigenvalue weighted by Gasteiger charge is -2.04. The first kappa shape index (κ1) is 22.1. The van der Waals surface area contributed by atoms with Crippen molar-refractivity contribution in [3.63, 3.8) is 0 Å². The van der Waals surface area contributed by atoms with Crippen molar-refractivity contribution in [2.24, 2.45) is 4.99 Å². The van der Waals surface area contributed by atoms with Gasteiger partial charge in [0.05, 0.1) is 4.92 Å². The quantitative estimate of drug-likeness (QED) is 0.105. The maximum atomic E-state index is 12.1. The molecule has 0 amide bonds. The Hall–Kier alpha value is -3.58. The molecule has 0 aliphatic rings. The van der Waals surface area contributed by atoms with E-state index in [1.165, 1.54) is 23.8 Å². The number of halogens is 1. The van der Waals surface area contributed by atoms with Crippen LogP contribution in [0, 0.1) is 10.1 Å². The van der Waals surface area contributed by atoms with E-state index >= 15 is 0 Å². The molecule has 6 nitrogen and oxygen atoms in total. The van der Waals surface area contributed by atoms with Crippen molar-refractivity contribution in [3.8, 4) is 5.75 Å². The molecule has 0 atom stereocenters. The first-order valence-corrected chi connectivity index (χ1v) is 10.3. The van der Waals surface area contributed by atoms with Gasteiger partial charge >= 0.3 is 11.7 Å². The first-order chi connectivity index (χ1) is 15.0. The van der Waals surface area contributed by atoms with Gasteiger partial charge in [0.25, 0.3) is 0 Å². The number of nitrogens with zero attached hydrogens (tertiary/aromatic N) is 2. The smallest absolute Gasteiger partial charge is 0.336 e. The summed E-state index contributed by atoms with van der Waals surface area (Å²) in [7, 11) is 0. The summed E-state index contributed by atoms with van der Waals surface area (Å²) >= 11 is 3.34. The molecule has 0 saturated heterocycles. The molecule has 0 N–H and O–H groups in total. The van der Waals surface area contributed by atoms with Gasteiger partial charge in [0.2, 0.25) is 5.75 Å². The van der Waals surface area contributed by atoms with Gasteiger partial charge in [-0.3, -0.25) is 15.1 Å². The van der Waals surface area contributed by atoms with E-state index in [4.69, 9.17) is 4.74 Å². The number of nitro groups is 1. The summed E-state index contributed by atoms with van der Waals surface area (Å²) in [6.45, 7) is 0.565. The third-order valence-corrected chi connectivity index (χ3v) is 4.81. The molecule has 0 saturated carbocycles. The Morgan fingerprint density at radius 1 is 1.03 bits per heavy atom. The van der Waals surface area contributed by atoms with E-state index in [1.807, 2.05) is 54.6 Å². The molecule has 0 radical (unpaired) electrons. The lowest BCUT2D eigenvalue weighted by molar-refractivity contribution is -0.385. The fourth-order valence-electron chi connectivity index (χ4n) is 2.73. The highest BCUT2D eigenvalue weighted by atomic mass is 79.9. The van der Waals surface area contributed by atoms with Gasteiger partial charge < -0.3 is 4.74 Å². The number of benzene rings is 3. The number of rotatable bonds is 8. The van der Waals surface area contributed by atoms with Gasteiger partial charge in [0, 0.05) is 29.4 Å². The minimum atomic E-state index is -0.699. The van der Waals surface area contributed by atoms with Crippen LogP contribution in [0.15, 0.2) is 88.3 Å². The van der Waals surface area contributed by atoms with E-state index in [0.29, 0.717) is 12.1 Å². The normalized spacial score (nSPS) is 11.1. The molecule has 3 rings (SSSR count). The van der Waals surface area contributed by atoms with E-state index in [2.05, 4.69) is 20.9 Å². The van der Waals surface area contributed by atoms with Gasteiger partial charge in [-0.15, -0.1) is 0 Å². The van der Waals surface area contributed by atoms with Gasteiger partial charge in [-0.1, -0.05) is 58.4 Å². The molecule has 0 heterocycles. The third kappa shape index (κ3) is 7.01. The van der Waals surface area contributed by atoms with E-state index in [0.717, 1.165) is 16.5 Å². The predicted molar refractivity (Wildman–Crippen MR) is 125 cm³/mol. The average molecular weight is 479 g/mol. The summed E-state index contributed by atoms with van der Waals surface area (Å²) in [5.41, 5.74) is 2.24. The molecular weight excluding hydrogens is 460 g/mol. The number of carbonyl (C=O) groups is 1. The number of hydrogen-bond acceptors (Lipinski definition) is 5. The molecule has 0 unspecified atom stereocenters. The Bertz CT molecular complexity index is 1110. The van der Waals surface area contributed by atoms with Crippen LogP contribution in [0.2, 0.25) is 0 Å². The van der Waals surface area contributed by atoms with Crippen LogP contribution in [0.3, 0.4) is 0 Å². The van der Waals surface area contributed by atoms with Crippen LogP contribution >= 0.6 is 15.9 Å². The lowest BCUT2D eigenvalue weighted by atomic mass is 10.1. The van der Waals surface area contributed by atoms with Crippen LogP contribution in [-0.2, 0) is 11.2 Å². The molecule has 3 aromatic carbocycles. The zero-order chi connectivity index (χ0) is 22.1. The molecule has 0 bridgehead atoms. The topological polar surface area (TPSA) is 81.8 Å². The highest BCUT2D eigenvalue weighted by molar-refractivity contribution is 9.10. The predicted octanol–water partition coefficient (Wildman–Crippen LogP) is 5.64. The summed E-state index contributed by atoms with van der Waals surface area (Å²) in [4.78, 5) is 27.3. The largest absolute Gasteiger partial charge is 0.416 e. The van der Waals surface area contributed by atoms with Crippen molar-refractivity contribution in [2.45, 2.75) is 6.42 Å². The van der Waals surface area contributed by atoms with Gasteiger partial charge in [-0.2, -0.15) is 0 Å². The monoisotopic (exact) mass is 478 g/mol. The van der Waals surface area contributed by atoms with E-state index in [1.54, 1.807) is 18.4 Å². The second-order valence-corrected chi connectivity index (χ2v) is 7.48. The zero-order valence-corrected chi connectivity index (χ0v) is 18.1. The second-order valence-electron chi connectivity index (χ2n) is 6.56. The van der Waals surface area contributed by atoms with Crippen LogP contribution in [-0.4, -0.2) is 23.7 Å². The van der Waals surface area contributed by atoms with Crippen molar-refractivity contribution in [2.75, 3.05) is 6.54 Å². The molecule has 31 heavy (non-hydrogen) atoms. The number of aliphatic imine (C=N–C) groups is 1. The highest BCUT2D eigenvalue weighted by Gasteiger charge is 2.17. The maximum absolute atomic E-state index is 12.1. The minimum absolute atomic E-state index is 0.114. The molecule has 3 aromatic rings. The van der Waals surface area contributed by atoms with Gasteiger partial charge in [-0.25, -0.2) is 4.79 Å². The van der Waals surface area contributed by atoms with E-state index < -0.39 is 10.9 Å². The number of esters is 1. The van der Waals surface area contributed by atoms with Crippen molar-refractivity contribution >= 4 is 39.9 Å². The number of ether oxygens (including phenoxy) is 1. The van der Waals surface area contributed by atoms with E-state index in [9.17, 15) is 14.9 Å². The summed E-state index contributed by atoms with van der Waals surface area (Å²) in [6, 6.07) is 21.6. The minimum Gasteiger partial charge on any atom is -0.416 e. The Morgan fingerprint density at radius 3 is 2.45 bits per heavy atom. The molecule has 0 fully saturated rings. The van der Waals surface area contributed by atoms with E-state index in [-0.39, 0.29) is 11.4 Å². The molecule has 0 aliphatic heterocycles. The Labute approximate surface area is 188 Å². The SMILES string of the molecule is O=C(/C=C/c1ccc(Br)cc1)Oc1ccc(C=NCCc2ccccc2)cc1[N+](=O)[O-]. The molecule has 0 aromatic heterocycles. The third-order valence-electron chi connectivity index (χ3n) is 4.28. The van der Waals surface area contributed by atoms with Gasteiger partial charge in [0.1, 0.15) is 0 Å². The second kappa shape index (κ2) is 11.0. The Balaban J connectivity index is 1.64. The number of nitro benzene ring substituents is 1. The van der Waals surface area contributed by atoms with Crippen LogP contribution in [0.4, 0.5) is 5.69 Å². The maximum Gasteiger partial charge on any atom is 0.336 e. The molecule has 7 heteroatoms. The van der Waals surface area contributed by atoms with Crippen molar-refractivity contribution in [3.05, 3.63) is 110 Å². The fraction of sp³-hybridized carbons (Fsp3) is 0.0833. The van der Waals surface area contributed by atoms with Gasteiger partial charge in [-0.05, 0) is 53.5 Å². The molecule has 0 aliphatic carbocycles. The van der Waals surface area contributed by atoms with Crippen LogP contribution in [0.25, 0.3) is 6.08 Å². The fourth-order valence-corrected chi connectivity index (χ4v) is 3.00. The van der Waals surface area contributed by atoms with Crippen molar-refractivity contribution in [1.82, 2.24) is 0 Å². The summed E-state index contributed by atoms with van der Waals surface area (Å²) in [5.74, 6) is -0.813. The van der Waals surface area contributed by atoms with Crippen LogP contribution in [0.1, 0.15) is 16.7 Å². The lowest BCUT2D eigenvalue weighted by Crippen LogP contribution is -2.06. The van der Waals surface area contributed by atoms with Crippen molar-refractivity contribution in [1.29, 1.82) is 0 Å². The highest BCUT2D eigenvalue weighted by Crippen LogP contribution is 2.28. The van der Waals surface area contributed by atoms with Gasteiger partial charge in [0.15, 0.2) is 0 Å². The summed E-state index contributed by atoms with van der Waals surface area (Å²) in [5, 5.41) is 11.4. The van der Waals surface area contributed by atoms with Crippen LogP contribution in [0.5, 0.6) is 5.75 Å². The number of hydrogen-bond donors (Lipinski definition) is 0. The average Bonchev–Trinajstić information content (AvgIpc) is 2.78. The summed E-state index contributed by atoms with van der Waals surface area (Å²) in [6.07, 6.45) is 5.16. The molecular formula is C24H19BrN2O4. The Morgan fingerprint density at radius 2 is 1.74 bits per heavy atom. The summed E-state index contributed by atoms with van der Waals surface area (Å²) < 4.78 is 6.09. The molecule has 156 valence electrons. The zero-order valence-electron chi connectivity index (χ0n) is 16.5. The standard InChI is InChI=1S/C24H19BrN2O4/c25-21-10-6-19(7-11-21)9-13-24(28)31-23-12-8-20(16-22(23)27(29)30)17-26-15-14-18-4-2-1-3-5-18/h1-13,16-17H,14-15H2/b13-9+,26-17?. The number of carbonyl (C=O) groups excluding carboxylic acids is 1. The van der Waals surface area contributed by atoms with Crippen LogP contribution < -0.4 is 4.74 Å². The van der Waals surface area contributed by atoms with Crippen molar-refractivity contribution < 1.29 is 14.5 Å². The molecule has 0 spiro atoms.